The molecular weight excluding hydrogens is 305 g/mol. The number of hydrogen-bond donors (Lipinski definition) is 1. The van der Waals surface area contributed by atoms with Crippen molar-refractivity contribution in [1.29, 1.82) is 0 Å². The predicted molar refractivity (Wildman–Crippen MR) is 77.6 cm³/mol. The van der Waals surface area contributed by atoms with Crippen LogP contribution in [-0.4, -0.2) is 20.6 Å². The Bertz CT molecular complexity index is 710. The number of aromatic nitrogens is 2. The maximum Gasteiger partial charge on any atom is 0.416 e. The van der Waals surface area contributed by atoms with Gasteiger partial charge in [-0.2, -0.15) is 24.9 Å². The van der Waals surface area contributed by atoms with Crippen LogP contribution in [0, 0.1) is 4.77 Å². The standard InChI is InChI=1S/C13H13F3N2S2/c1-20-12(4-5-12)7-18-10-3-2-8(13(14,15)16)6-9(10)17-11(18)19/h2-3,6H,4-5,7H2,1H3,(H,17,19). The second kappa shape index (κ2) is 4.53. The molecule has 0 bridgehead atoms. The summed E-state index contributed by atoms with van der Waals surface area (Å²) in [7, 11) is 0. The molecule has 1 aliphatic rings. The van der Waals surface area contributed by atoms with E-state index in [2.05, 4.69) is 11.2 Å². The summed E-state index contributed by atoms with van der Waals surface area (Å²) in [6, 6.07) is 3.74. The van der Waals surface area contributed by atoms with Crippen LogP contribution in [0.15, 0.2) is 18.2 Å². The highest BCUT2D eigenvalue weighted by molar-refractivity contribution is 8.00. The molecule has 1 aromatic carbocycles. The smallest absolute Gasteiger partial charge is 0.331 e. The Morgan fingerprint density at radius 1 is 1.40 bits per heavy atom. The first-order valence-corrected chi connectivity index (χ1v) is 7.83. The lowest BCUT2D eigenvalue weighted by molar-refractivity contribution is -0.137. The minimum Gasteiger partial charge on any atom is -0.331 e. The van der Waals surface area contributed by atoms with Crippen molar-refractivity contribution in [1.82, 2.24) is 9.55 Å². The highest BCUT2D eigenvalue weighted by Crippen LogP contribution is 2.48. The molecule has 1 aromatic heterocycles. The van der Waals surface area contributed by atoms with Crippen molar-refractivity contribution < 1.29 is 13.2 Å². The van der Waals surface area contributed by atoms with Gasteiger partial charge < -0.3 is 9.55 Å². The SMILES string of the molecule is CSC1(Cn2c(=S)[nH]c3cc(C(F)(F)F)ccc32)CC1. The predicted octanol–water partition coefficient (Wildman–Crippen LogP) is 4.61. The van der Waals surface area contributed by atoms with E-state index in [-0.39, 0.29) is 4.75 Å². The van der Waals surface area contributed by atoms with Crippen molar-refractivity contribution in [3.05, 3.63) is 28.5 Å². The summed E-state index contributed by atoms with van der Waals surface area (Å²) in [6.45, 7) is 0.748. The average Bonchev–Trinajstić information content (AvgIpc) is 3.09. The number of H-pyrrole nitrogens is 1. The van der Waals surface area contributed by atoms with E-state index in [0.29, 0.717) is 10.3 Å². The first-order valence-electron chi connectivity index (χ1n) is 6.20. The second-order valence-electron chi connectivity index (χ2n) is 5.13. The van der Waals surface area contributed by atoms with Gasteiger partial charge in [0.25, 0.3) is 0 Å². The van der Waals surface area contributed by atoms with E-state index in [9.17, 15) is 13.2 Å². The highest BCUT2D eigenvalue weighted by atomic mass is 32.2. The lowest BCUT2D eigenvalue weighted by atomic mass is 10.2. The van der Waals surface area contributed by atoms with E-state index in [1.807, 2.05) is 4.57 Å². The van der Waals surface area contributed by atoms with Crippen LogP contribution in [0.25, 0.3) is 11.0 Å². The summed E-state index contributed by atoms with van der Waals surface area (Å²) in [5.41, 5.74) is 0.532. The lowest BCUT2D eigenvalue weighted by Crippen LogP contribution is -2.13. The van der Waals surface area contributed by atoms with Gasteiger partial charge in [0.05, 0.1) is 16.6 Å². The third kappa shape index (κ3) is 2.37. The molecule has 108 valence electrons. The molecule has 2 nitrogen and oxygen atoms in total. The third-order valence-corrected chi connectivity index (χ3v) is 5.51. The van der Waals surface area contributed by atoms with Gasteiger partial charge in [-0.1, -0.05) is 0 Å². The van der Waals surface area contributed by atoms with E-state index in [4.69, 9.17) is 12.2 Å². The fourth-order valence-electron chi connectivity index (χ4n) is 2.35. The molecule has 0 saturated heterocycles. The number of imidazole rings is 1. The normalized spacial score (nSPS) is 17.6. The molecule has 3 rings (SSSR count). The van der Waals surface area contributed by atoms with Crippen LogP contribution in [0.4, 0.5) is 13.2 Å². The van der Waals surface area contributed by atoms with Crippen molar-refractivity contribution in [3.8, 4) is 0 Å². The van der Waals surface area contributed by atoms with Crippen molar-refractivity contribution in [3.63, 3.8) is 0 Å². The number of benzene rings is 1. The van der Waals surface area contributed by atoms with E-state index in [1.165, 1.54) is 6.07 Å². The number of nitrogens with one attached hydrogen (secondary N) is 1. The molecule has 20 heavy (non-hydrogen) atoms. The van der Waals surface area contributed by atoms with E-state index in [0.717, 1.165) is 37.0 Å². The van der Waals surface area contributed by atoms with E-state index in [1.54, 1.807) is 11.8 Å². The Hall–Kier alpha value is -0.950. The van der Waals surface area contributed by atoms with Crippen molar-refractivity contribution >= 4 is 35.0 Å². The van der Waals surface area contributed by atoms with Gasteiger partial charge in [-0.25, -0.2) is 0 Å². The Morgan fingerprint density at radius 3 is 2.65 bits per heavy atom. The van der Waals surface area contributed by atoms with Crippen LogP contribution in [0.2, 0.25) is 0 Å². The number of nitrogens with zero attached hydrogens (tertiary/aromatic N) is 1. The van der Waals surface area contributed by atoms with Gasteiger partial charge in [0, 0.05) is 11.3 Å². The molecule has 2 aromatic rings. The van der Waals surface area contributed by atoms with Gasteiger partial charge in [-0.15, -0.1) is 0 Å². The van der Waals surface area contributed by atoms with Crippen molar-refractivity contribution in [2.75, 3.05) is 6.26 Å². The third-order valence-electron chi connectivity index (χ3n) is 3.79. The number of alkyl halides is 3. The van der Waals surface area contributed by atoms with Crippen molar-refractivity contribution in [2.45, 2.75) is 30.3 Å². The van der Waals surface area contributed by atoms with Gasteiger partial charge in [0.15, 0.2) is 4.77 Å². The fourth-order valence-corrected chi connectivity index (χ4v) is 3.39. The zero-order chi connectivity index (χ0) is 14.5. The maximum atomic E-state index is 12.7. The Labute approximate surface area is 123 Å². The van der Waals surface area contributed by atoms with Gasteiger partial charge in [0.2, 0.25) is 0 Å². The maximum absolute atomic E-state index is 12.7. The van der Waals surface area contributed by atoms with Gasteiger partial charge in [-0.3, -0.25) is 0 Å². The molecule has 7 heteroatoms. The van der Waals surface area contributed by atoms with Gasteiger partial charge in [-0.05, 0) is 49.5 Å². The fraction of sp³-hybridized carbons (Fsp3) is 0.462. The zero-order valence-corrected chi connectivity index (χ0v) is 12.4. The zero-order valence-electron chi connectivity index (χ0n) is 10.8. The molecule has 1 N–H and O–H groups in total. The van der Waals surface area contributed by atoms with Crippen LogP contribution >= 0.6 is 24.0 Å². The molecule has 1 aliphatic carbocycles. The largest absolute Gasteiger partial charge is 0.416 e. The Morgan fingerprint density at radius 2 is 2.10 bits per heavy atom. The number of fused-ring (bicyclic) bond motifs is 1. The molecule has 1 fully saturated rings. The van der Waals surface area contributed by atoms with Crippen LogP contribution in [0.5, 0.6) is 0 Å². The van der Waals surface area contributed by atoms with Crippen LogP contribution in [-0.2, 0) is 12.7 Å². The number of halogens is 3. The van der Waals surface area contributed by atoms with Crippen LogP contribution < -0.4 is 0 Å². The highest BCUT2D eigenvalue weighted by Gasteiger charge is 2.42. The molecule has 0 aliphatic heterocycles. The van der Waals surface area contributed by atoms with Gasteiger partial charge >= 0.3 is 6.18 Å². The topological polar surface area (TPSA) is 20.7 Å². The molecular formula is C13H13F3N2S2. The monoisotopic (exact) mass is 318 g/mol. The summed E-state index contributed by atoms with van der Waals surface area (Å²) in [6.07, 6.45) is -0.0115. The first-order chi connectivity index (χ1) is 9.35. The van der Waals surface area contributed by atoms with Crippen LogP contribution in [0.1, 0.15) is 18.4 Å². The Balaban J connectivity index is 2.06. The molecule has 1 saturated carbocycles. The average molecular weight is 318 g/mol. The molecule has 0 atom stereocenters. The molecule has 0 spiro atoms. The van der Waals surface area contributed by atoms with E-state index >= 15 is 0 Å². The molecule has 0 radical (unpaired) electrons. The summed E-state index contributed by atoms with van der Waals surface area (Å²) < 4.78 is 40.7. The Kier molecular flexibility index (Phi) is 3.17. The number of aromatic amines is 1. The molecule has 0 amide bonds. The second-order valence-corrected chi connectivity index (χ2v) is 6.79. The number of rotatable bonds is 3. The minimum atomic E-state index is -4.33. The summed E-state index contributed by atoms with van der Waals surface area (Å²) in [5, 5.41) is 0. The number of hydrogen-bond acceptors (Lipinski definition) is 2. The summed E-state index contributed by atoms with van der Waals surface area (Å²) in [4.78, 5) is 2.88. The van der Waals surface area contributed by atoms with E-state index < -0.39 is 11.7 Å². The molecule has 0 unspecified atom stereocenters. The van der Waals surface area contributed by atoms with Crippen LogP contribution in [0.3, 0.4) is 0 Å². The lowest BCUT2D eigenvalue weighted by Gasteiger charge is -2.13. The first kappa shape index (κ1) is 14.0. The minimum absolute atomic E-state index is 0.204. The van der Waals surface area contributed by atoms with Gasteiger partial charge in [0.1, 0.15) is 0 Å². The molecule has 1 heterocycles. The number of thioether (sulfide) groups is 1. The quantitative estimate of drug-likeness (QED) is 0.834. The summed E-state index contributed by atoms with van der Waals surface area (Å²) >= 11 is 7.05. The summed E-state index contributed by atoms with van der Waals surface area (Å²) in [5.74, 6) is 0. The van der Waals surface area contributed by atoms with Crippen molar-refractivity contribution in [2.24, 2.45) is 0 Å².